The minimum absolute atomic E-state index is 0.234. The predicted molar refractivity (Wildman–Crippen MR) is 44.0 cm³/mol. The van der Waals surface area contributed by atoms with Crippen LogP contribution in [0.25, 0.3) is 0 Å². The van der Waals surface area contributed by atoms with Crippen molar-refractivity contribution in [2.75, 3.05) is 0 Å². The molecule has 2 N–H and O–H groups in total. The van der Waals surface area contributed by atoms with Crippen LogP contribution in [-0.4, -0.2) is 0 Å². The molecule has 0 radical (unpaired) electrons. The Morgan fingerprint density at radius 3 is 1.92 bits per heavy atom. The average molecular weight is 189 g/mol. The molecule has 0 aromatic heterocycles. The molecule has 4 heteroatoms. The highest BCUT2D eigenvalue weighted by molar-refractivity contribution is 5.26. The molecule has 13 heavy (non-hydrogen) atoms. The van der Waals surface area contributed by atoms with Gasteiger partial charge in [0, 0.05) is 6.04 Å². The van der Waals surface area contributed by atoms with Crippen molar-refractivity contribution in [1.29, 1.82) is 0 Å². The lowest BCUT2D eigenvalue weighted by Crippen LogP contribution is -2.07. The van der Waals surface area contributed by atoms with Crippen LogP contribution in [0.15, 0.2) is 24.3 Å². The van der Waals surface area contributed by atoms with Crippen molar-refractivity contribution in [3.05, 3.63) is 35.4 Å². The van der Waals surface area contributed by atoms with Gasteiger partial charge in [-0.2, -0.15) is 13.2 Å². The van der Waals surface area contributed by atoms with E-state index in [-0.39, 0.29) is 6.04 Å². The van der Waals surface area contributed by atoms with Crippen molar-refractivity contribution < 1.29 is 13.2 Å². The van der Waals surface area contributed by atoms with E-state index in [0.29, 0.717) is 5.56 Å². The molecule has 1 nitrogen and oxygen atoms in total. The summed E-state index contributed by atoms with van der Waals surface area (Å²) in [5, 5.41) is 0. The van der Waals surface area contributed by atoms with E-state index in [2.05, 4.69) is 0 Å². The van der Waals surface area contributed by atoms with E-state index < -0.39 is 11.7 Å². The van der Waals surface area contributed by atoms with Gasteiger partial charge < -0.3 is 5.73 Å². The van der Waals surface area contributed by atoms with Gasteiger partial charge in [-0.1, -0.05) is 12.1 Å². The zero-order valence-electron chi connectivity index (χ0n) is 7.10. The lowest BCUT2D eigenvalue weighted by molar-refractivity contribution is -0.137. The van der Waals surface area contributed by atoms with Crippen LogP contribution in [-0.2, 0) is 6.18 Å². The highest BCUT2D eigenvalue weighted by atomic mass is 19.4. The monoisotopic (exact) mass is 189 g/mol. The summed E-state index contributed by atoms with van der Waals surface area (Å²) < 4.78 is 36.3. The van der Waals surface area contributed by atoms with Crippen LogP contribution in [0.4, 0.5) is 13.2 Å². The van der Waals surface area contributed by atoms with Crippen molar-refractivity contribution in [3.8, 4) is 0 Å². The molecule has 1 atom stereocenters. The van der Waals surface area contributed by atoms with Gasteiger partial charge >= 0.3 is 6.18 Å². The molecule has 0 bridgehead atoms. The van der Waals surface area contributed by atoms with E-state index in [1.165, 1.54) is 12.1 Å². The van der Waals surface area contributed by atoms with Crippen LogP contribution >= 0.6 is 0 Å². The topological polar surface area (TPSA) is 26.0 Å². The fourth-order valence-electron chi connectivity index (χ4n) is 0.976. The summed E-state index contributed by atoms with van der Waals surface area (Å²) in [4.78, 5) is 0. The van der Waals surface area contributed by atoms with Crippen molar-refractivity contribution in [1.82, 2.24) is 0 Å². The predicted octanol–water partition coefficient (Wildman–Crippen LogP) is 2.73. The smallest absolute Gasteiger partial charge is 0.324 e. The Hall–Kier alpha value is -1.03. The van der Waals surface area contributed by atoms with Gasteiger partial charge in [0.25, 0.3) is 0 Å². The van der Waals surface area contributed by atoms with Gasteiger partial charge in [-0.05, 0) is 24.6 Å². The van der Waals surface area contributed by atoms with Crippen LogP contribution in [0.3, 0.4) is 0 Å². The standard InChI is InChI=1S/C9H10F3N/c1-6(13)7-2-4-8(5-3-7)9(10,11)12/h2-6H,13H2,1H3/t6-/m0/s1. The molecule has 72 valence electrons. The Balaban J connectivity index is 2.94. The molecule has 0 aliphatic carbocycles. The number of alkyl halides is 3. The molecule has 0 spiro atoms. The second kappa shape index (κ2) is 3.38. The maximum Gasteiger partial charge on any atom is 0.416 e. The number of nitrogens with two attached hydrogens (primary N) is 1. The lowest BCUT2D eigenvalue weighted by Gasteiger charge is -2.09. The Morgan fingerprint density at radius 2 is 1.62 bits per heavy atom. The first-order valence-electron chi connectivity index (χ1n) is 3.84. The Morgan fingerprint density at radius 1 is 1.15 bits per heavy atom. The second-order valence-corrected chi connectivity index (χ2v) is 2.91. The van der Waals surface area contributed by atoms with Crippen molar-refractivity contribution in [3.63, 3.8) is 0 Å². The number of rotatable bonds is 1. The van der Waals surface area contributed by atoms with E-state index in [1.54, 1.807) is 6.92 Å². The molecule has 0 aliphatic heterocycles. The van der Waals surface area contributed by atoms with Crippen LogP contribution in [0, 0.1) is 0 Å². The zero-order chi connectivity index (χ0) is 10.1. The Labute approximate surface area is 74.4 Å². The molecule has 1 rings (SSSR count). The molecule has 0 unspecified atom stereocenters. The third-order valence-corrected chi connectivity index (χ3v) is 1.76. The minimum atomic E-state index is -4.27. The summed E-state index contributed by atoms with van der Waals surface area (Å²) in [5.41, 5.74) is 5.55. The summed E-state index contributed by atoms with van der Waals surface area (Å²) in [5.74, 6) is 0. The van der Waals surface area contributed by atoms with Gasteiger partial charge in [0.2, 0.25) is 0 Å². The van der Waals surface area contributed by atoms with Gasteiger partial charge in [-0.3, -0.25) is 0 Å². The third kappa shape index (κ3) is 2.45. The largest absolute Gasteiger partial charge is 0.416 e. The second-order valence-electron chi connectivity index (χ2n) is 2.91. The highest BCUT2D eigenvalue weighted by Crippen LogP contribution is 2.29. The molecular formula is C9H10F3N. The van der Waals surface area contributed by atoms with E-state index in [1.807, 2.05) is 0 Å². The number of hydrogen-bond donors (Lipinski definition) is 1. The van der Waals surface area contributed by atoms with Gasteiger partial charge in [0.05, 0.1) is 5.56 Å². The van der Waals surface area contributed by atoms with E-state index in [9.17, 15) is 13.2 Å². The first kappa shape index (κ1) is 10.1. The summed E-state index contributed by atoms with van der Waals surface area (Å²) >= 11 is 0. The zero-order valence-corrected chi connectivity index (χ0v) is 7.10. The number of benzene rings is 1. The molecule has 0 heterocycles. The fourth-order valence-corrected chi connectivity index (χ4v) is 0.976. The van der Waals surface area contributed by atoms with E-state index >= 15 is 0 Å². The van der Waals surface area contributed by atoms with Gasteiger partial charge in [-0.15, -0.1) is 0 Å². The normalized spacial score (nSPS) is 14.2. The van der Waals surface area contributed by atoms with Crippen LogP contribution in [0.2, 0.25) is 0 Å². The summed E-state index contributed by atoms with van der Waals surface area (Å²) in [6.45, 7) is 1.72. The minimum Gasteiger partial charge on any atom is -0.324 e. The molecule has 1 aromatic carbocycles. The fraction of sp³-hybridized carbons (Fsp3) is 0.333. The summed E-state index contributed by atoms with van der Waals surface area (Å²) in [6.07, 6.45) is -4.27. The van der Waals surface area contributed by atoms with Crippen molar-refractivity contribution in [2.24, 2.45) is 5.73 Å². The average Bonchev–Trinajstić information content (AvgIpc) is 2.03. The van der Waals surface area contributed by atoms with Crippen LogP contribution in [0.5, 0.6) is 0 Å². The quantitative estimate of drug-likeness (QED) is 0.722. The molecule has 0 saturated heterocycles. The first-order chi connectivity index (χ1) is 5.91. The van der Waals surface area contributed by atoms with Gasteiger partial charge in [0.1, 0.15) is 0 Å². The number of halogens is 3. The Kier molecular flexibility index (Phi) is 2.61. The van der Waals surface area contributed by atoms with Gasteiger partial charge in [-0.25, -0.2) is 0 Å². The highest BCUT2D eigenvalue weighted by Gasteiger charge is 2.29. The third-order valence-electron chi connectivity index (χ3n) is 1.76. The molecular weight excluding hydrogens is 179 g/mol. The molecule has 0 saturated carbocycles. The summed E-state index contributed by atoms with van der Waals surface area (Å²) in [6, 6.07) is 4.64. The molecule has 0 aliphatic rings. The van der Waals surface area contributed by atoms with E-state index in [4.69, 9.17) is 5.73 Å². The van der Waals surface area contributed by atoms with Crippen molar-refractivity contribution in [2.45, 2.75) is 19.1 Å². The molecule has 0 amide bonds. The summed E-state index contributed by atoms with van der Waals surface area (Å²) in [7, 11) is 0. The lowest BCUT2D eigenvalue weighted by atomic mass is 10.1. The Bertz CT molecular complexity index is 274. The van der Waals surface area contributed by atoms with Crippen LogP contribution < -0.4 is 5.73 Å². The van der Waals surface area contributed by atoms with E-state index in [0.717, 1.165) is 12.1 Å². The first-order valence-corrected chi connectivity index (χ1v) is 3.84. The maximum atomic E-state index is 12.1. The number of hydrogen-bond acceptors (Lipinski definition) is 1. The molecule has 1 aromatic rings. The van der Waals surface area contributed by atoms with Gasteiger partial charge in [0.15, 0.2) is 0 Å². The maximum absolute atomic E-state index is 12.1. The SMILES string of the molecule is C[C@H](N)c1ccc(C(F)(F)F)cc1. The van der Waals surface area contributed by atoms with Crippen molar-refractivity contribution >= 4 is 0 Å². The van der Waals surface area contributed by atoms with Crippen LogP contribution in [0.1, 0.15) is 24.1 Å². The molecule has 0 fully saturated rings.